The van der Waals surface area contributed by atoms with Crippen molar-refractivity contribution >= 4 is 27.5 Å². The van der Waals surface area contributed by atoms with E-state index in [2.05, 4.69) is 35.1 Å². The molecule has 5 heteroatoms. The lowest BCUT2D eigenvalue weighted by Gasteiger charge is -2.38. The number of alkyl halides is 1. The zero-order valence-electron chi connectivity index (χ0n) is 14.6. The molecule has 1 saturated carbocycles. The smallest absolute Gasteiger partial charge is 0.256 e. The van der Waals surface area contributed by atoms with Crippen molar-refractivity contribution in [3.05, 3.63) is 24.3 Å². The number of ether oxygens (including phenoxy) is 2. The highest BCUT2D eigenvalue weighted by molar-refractivity contribution is 9.09. The molecule has 24 heavy (non-hydrogen) atoms. The van der Waals surface area contributed by atoms with Gasteiger partial charge in [0.05, 0.1) is 6.61 Å². The molecule has 0 bridgehead atoms. The number of amides is 1. The Morgan fingerprint density at radius 3 is 2.71 bits per heavy atom. The van der Waals surface area contributed by atoms with Crippen LogP contribution in [0.4, 0.5) is 5.69 Å². The van der Waals surface area contributed by atoms with Crippen molar-refractivity contribution < 1.29 is 14.3 Å². The van der Waals surface area contributed by atoms with E-state index < -0.39 is 5.60 Å². The highest BCUT2D eigenvalue weighted by Crippen LogP contribution is 2.36. The molecule has 1 aliphatic rings. The Bertz CT molecular complexity index is 520. The summed E-state index contributed by atoms with van der Waals surface area (Å²) in [5, 5.41) is 3.83. The van der Waals surface area contributed by atoms with E-state index in [1.807, 2.05) is 24.3 Å². The lowest BCUT2D eigenvalue weighted by molar-refractivity contribution is -0.148. The Labute approximate surface area is 153 Å². The molecule has 0 radical (unpaired) electrons. The summed E-state index contributed by atoms with van der Waals surface area (Å²) in [5.74, 6) is 1.30. The van der Waals surface area contributed by atoms with E-state index in [-0.39, 0.29) is 5.91 Å². The second-order valence-electron chi connectivity index (χ2n) is 6.56. The Morgan fingerprint density at radius 2 is 2.08 bits per heavy atom. The first-order chi connectivity index (χ1) is 11.6. The van der Waals surface area contributed by atoms with Gasteiger partial charge in [0.2, 0.25) is 0 Å². The molecule has 4 nitrogen and oxygen atoms in total. The van der Waals surface area contributed by atoms with Crippen LogP contribution in [0.3, 0.4) is 0 Å². The van der Waals surface area contributed by atoms with E-state index in [0.717, 1.165) is 42.5 Å². The first kappa shape index (κ1) is 19.3. The molecule has 1 amide bonds. The number of anilines is 1. The fourth-order valence-electron chi connectivity index (χ4n) is 3.24. The van der Waals surface area contributed by atoms with E-state index in [1.54, 1.807) is 0 Å². The summed E-state index contributed by atoms with van der Waals surface area (Å²) in [6.45, 7) is 5.52. The number of carbonyl (C=O) groups excluding carboxylic acids is 1. The van der Waals surface area contributed by atoms with Gasteiger partial charge in [0, 0.05) is 17.6 Å². The maximum atomic E-state index is 12.9. The van der Waals surface area contributed by atoms with Crippen molar-refractivity contribution in [2.45, 2.75) is 51.6 Å². The standard InChI is InChI=1S/C19H28BrNO3/c1-3-12-24-19(10-4-5-15(2)14-19)18(22)21-16-6-8-17(9-7-16)23-13-11-20/h6-9,15H,3-5,10-14H2,1-2H3,(H,21,22)/t15-,19+/m1/s1. The number of halogens is 1. The normalized spacial score (nSPS) is 23.7. The molecule has 2 atom stereocenters. The van der Waals surface area contributed by atoms with Crippen molar-refractivity contribution in [2.24, 2.45) is 5.92 Å². The second-order valence-corrected chi connectivity index (χ2v) is 7.35. The van der Waals surface area contributed by atoms with Gasteiger partial charge in [0.15, 0.2) is 0 Å². The average Bonchev–Trinajstić information content (AvgIpc) is 2.59. The van der Waals surface area contributed by atoms with E-state index in [1.165, 1.54) is 6.42 Å². The van der Waals surface area contributed by atoms with Gasteiger partial charge >= 0.3 is 0 Å². The molecule has 0 aromatic heterocycles. The number of carbonyl (C=O) groups is 1. The van der Waals surface area contributed by atoms with Gasteiger partial charge in [-0.2, -0.15) is 0 Å². The van der Waals surface area contributed by atoms with Crippen LogP contribution in [0, 0.1) is 5.92 Å². The molecule has 1 aromatic carbocycles. The Kier molecular flexibility index (Phi) is 7.56. The predicted octanol–water partition coefficient (Wildman–Crippen LogP) is 4.77. The van der Waals surface area contributed by atoms with Gasteiger partial charge in [-0.3, -0.25) is 4.79 Å². The van der Waals surface area contributed by atoms with Crippen LogP contribution in [0.25, 0.3) is 0 Å². The zero-order valence-corrected chi connectivity index (χ0v) is 16.2. The average molecular weight is 398 g/mol. The van der Waals surface area contributed by atoms with E-state index >= 15 is 0 Å². The minimum atomic E-state index is -0.682. The molecule has 0 aliphatic heterocycles. The Hall–Kier alpha value is -1.07. The third kappa shape index (κ3) is 5.21. The van der Waals surface area contributed by atoms with Gasteiger partial charge in [-0.1, -0.05) is 36.2 Å². The monoisotopic (exact) mass is 397 g/mol. The van der Waals surface area contributed by atoms with Crippen LogP contribution in [0.5, 0.6) is 5.75 Å². The fraction of sp³-hybridized carbons (Fsp3) is 0.632. The topological polar surface area (TPSA) is 47.6 Å². The van der Waals surface area contributed by atoms with Crippen LogP contribution < -0.4 is 10.1 Å². The summed E-state index contributed by atoms with van der Waals surface area (Å²) in [5.41, 5.74) is 0.0996. The summed E-state index contributed by atoms with van der Waals surface area (Å²) in [6, 6.07) is 7.51. The molecule has 1 aliphatic carbocycles. The molecule has 0 saturated heterocycles. The van der Waals surface area contributed by atoms with Crippen molar-refractivity contribution in [2.75, 3.05) is 23.9 Å². The number of nitrogens with one attached hydrogen (secondary N) is 1. The highest BCUT2D eigenvalue weighted by Gasteiger charge is 2.42. The molecule has 134 valence electrons. The molecule has 0 heterocycles. The number of hydrogen-bond donors (Lipinski definition) is 1. The van der Waals surface area contributed by atoms with E-state index in [4.69, 9.17) is 9.47 Å². The van der Waals surface area contributed by atoms with Crippen molar-refractivity contribution in [3.63, 3.8) is 0 Å². The minimum Gasteiger partial charge on any atom is -0.493 e. The first-order valence-electron chi connectivity index (χ1n) is 8.84. The Morgan fingerprint density at radius 1 is 1.33 bits per heavy atom. The maximum Gasteiger partial charge on any atom is 0.256 e. The van der Waals surface area contributed by atoms with Crippen LogP contribution in [0.15, 0.2) is 24.3 Å². The summed E-state index contributed by atoms with van der Waals surface area (Å²) in [6.07, 6.45) is 4.73. The van der Waals surface area contributed by atoms with E-state index in [0.29, 0.717) is 19.1 Å². The second kappa shape index (κ2) is 9.42. The minimum absolute atomic E-state index is 0.0170. The summed E-state index contributed by atoms with van der Waals surface area (Å²) < 4.78 is 11.6. The number of rotatable bonds is 8. The molecule has 2 rings (SSSR count). The molecular formula is C19H28BrNO3. The van der Waals surface area contributed by atoms with Crippen LogP contribution in [0.2, 0.25) is 0 Å². The van der Waals surface area contributed by atoms with E-state index in [9.17, 15) is 4.79 Å². The van der Waals surface area contributed by atoms with Crippen LogP contribution in [-0.2, 0) is 9.53 Å². The molecule has 1 fully saturated rings. The third-order valence-electron chi connectivity index (χ3n) is 4.41. The molecule has 1 aromatic rings. The summed E-state index contributed by atoms with van der Waals surface area (Å²) >= 11 is 3.33. The van der Waals surface area contributed by atoms with Crippen molar-refractivity contribution in [3.8, 4) is 5.75 Å². The van der Waals surface area contributed by atoms with Gasteiger partial charge in [0.25, 0.3) is 5.91 Å². The Balaban J connectivity index is 2.04. The highest BCUT2D eigenvalue weighted by atomic mass is 79.9. The lowest BCUT2D eigenvalue weighted by Crippen LogP contribution is -2.48. The van der Waals surface area contributed by atoms with Crippen LogP contribution in [0.1, 0.15) is 46.0 Å². The molecular weight excluding hydrogens is 370 g/mol. The van der Waals surface area contributed by atoms with Gasteiger partial charge in [-0.15, -0.1) is 0 Å². The quantitative estimate of drug-likeness (QED) is 0.642. The van der Waals surface area contributed by atoms with Crippen molar-refractivity contribution in [1.82, 2.24) is 0 Å². The maximum absolute atomic E-state index is 12.9. The first-order valence-corrected chi connectivity index (χ1v) is 9.96. The van der Waals surface area contributed by atoms with Gasteiger partial charge in [-0.25, -0.2) is 0 Å². The largest absolute Gasteiger partial charge is 0.493 e. The number of hydrogen-bond acceptors (Lipinski definition) is 3. The molecule has 0 spiro atoms. The summed E-state index contributed by atoms with van der Waals surface area (Å²) in [4.78, 5) is 12.9. The lowest BCUT2D eigenvalue weighted by atomic mass is 9.78. The van der Waals surface area contributed by atoms with Gasteiger partial charge in [-0.05, 0) is 55.9 Å². The molecule has 1 N–H and O–H groups in total. The predicted molar refractivity (Wildman–Crippen MR) is 101 cm³/mol. The molecule has 0 unspecified atom stereocenters. The fourth-order valence-corrected chi connectivity index (χ4v) is 3.40. The third-order valence-corrected chi connectivity index (χ3v) is 4.73. The SMILES string of the molecule is CCCO[C@@]1(C(=O)Nc2ccc(OCCBr)cc2)CCC[C@@H](C)C1. The van der Waals surface area contributed by atoms with Crippen LogP contribution >= 0.6 is 15.9 Å². The van der Waals surface area contributed by atoms with Gasteiger partial charge < -0.3 is 14.8 Å². The van der Waals surface area contributed by atoms with Gasteiger partial charge in [0.1, 0.15) is 11.4 Å². The number of benzene rings is 1. The zero-order chi connectivity index (χ0) is 17.4. The van der Waals surface area contributed by atoms with Crippen LogP contribution in [-0.4, -0.2) is 30.1 Å². The van der Waals surface area contributed by atoms with Crippen molar-refractivity contribution in [1.29, 1.82) is 0 Å². The summed E-state index contributed by atoms with van der Waals surface area (Å²) in [7, 11) is 0.